The van der Waals surface area contributed by atoms with Gasteiger partial charge in [-0.3, -0.25) is 14.9 Å². The van der Waals surface area contributed by atoms with Gasteiger partial charge in [0.05, 0.1) is 16.0 Å². The van der Waals surface area contributed by atoms with Crippen LogP contribution in [0.1, 0.15) is 23.2 Å². The zero-order chi connectivity index (χ0) is 14.2. The van der Waals surface area contributed by atoms with Crippen molar-refractivity contribution in [2.45, 2.75) is 25.0 Å². The third kappa shape index (κ3) is 2.97. The minimum Gasteiger partial charge on any atom is -0.393 e. The highest BCUT2D eigenvalue weighted by atomic mass is 35.5. The molecule has 0 saturated heterocycles. The van der Waals surface area contributed by atoms with Crippen molar-refractivity contribution < 1.29 is 14.8 Å². The van der Waals surface area contributed by atoms with E-state index in [9.17, 15) is 14.9 Å². The van der Waals surface area contributed by atoms with E-state index in [1.165, 1.54) is 6.07 Å². The number of carbonyl (C=O) groups excluding carboxylic acids is 1. The van der Waals surface area contributed by atoms with Gasteiger partial charge in [0.2, 0.25) is 0 Å². The zero-order valence-electron chi connectivity index (χ0n) is 9.60. The van der Waals surface area contributed by atoms with Crippen molar-refractivity contribution in [2.24, 2.45) is 0 Å². The summed E-state index contributed by atoms with van der Waals surface area (Å²) in [6, 6.07) is 2.25. The molecule has 0 atom stereocenters. The summed E-state index contributed by atoms with van der Waals surface area (Å²) in [6.45, 7) is 0. The molecule has 8 heteroatoms. The smallest absolute Gasteiger partial charge is 0.290 e. The van der Waals surface area contributed by atoms with Gasteiger partial charge in [-0.25, -0.2) is 0 Å². The topological polar surface area (TPSA) is 92.5 Å². The fraction of sp³-hybridized carbons (Fsp3) is 0.364. The number of hydrogen-bond donors (Lipinski definition) is 2. The number of rotatable bonds is 3. The van der Waals surface area contributed by atoms with E-state index in [2.05, 4.69) is 5.32 Å². The number of halogens is 2. The van der Waals surface area contributed by atoms with Crippen molar-refractivity contribution in [3.05, 3.63) is 37.9 Å². The molecule has 0 aliphatic heterocycles. The number of aliphatic hydroxyl groups is 1. The fourth-order valence-corrected chi connectivity index (χ4v) is 2.21. The summed E-state index contributed by atoms with van der Waals surface area (Å²) in [5.74, 6) is -0.474. The molecule has 6 nitrogen and oxygen atoms in total. The first-order chi connectivity index (χ1) is 8.88. The van der Waals surface area contributed by atoms with Crippen molar-refractivity contribution in [1.29, 1.82) is 0 Å². The Bertz CT molecular complexity index is 544. The zero-order valence-corrected chi connectivity index (χ0v) is 11.1. The maximum atomic E-state index is 11.9. The van der Waals surface area contributed by atoms with Crippen LogP contribution in [0.4, 0.5) is 5.69 Å². The Labute approximate surface area is 118 Å². The average molecular weight is 305 g/mol. The van der Waals surface area contributed by atoms with Crippen LogP contribution in [0, 0.1) is 10.1 Å². The predicted molar refractivity (Wildman–Crippen MR) is 69.6 cm³/mol. The number of hydrogen-bond acceptors (Lipinski definition) is 4. The molecular formula is C11H10Cl2N2O4. The van der Waals surface area contributed by atoms with Crippen LogP contribution in [0.3, 0.4) is 0 Å². The second kappa shape index (κ2) is 5.32. The number of nitrogens with one attached hydrogen (secondary N) is 1. The summed E-state index contributed by atoms with van der Waals surface area (Å²) >= 11 is 11.4. The standard InChI is InChI=1S/C11H10Cl2N2O4/c12-8-1-5(2-9(10(8)13)15(18)19)11(17)14-6-3-7(16)4-6/h1-2,6-7,16H,3-4H2,(H,14,17). The lowest BCUT2D eigenvalue weighted by atomic mass is 9.89. The number of nitro benzene ring substituents is 1. The summed E-state index contributed by atoms with van der Waals surface area (Å²) in [4.78, 5) is 22.0. The first-order valence-electron chi connectivity index (χ1n) is 5.51. The van der Waals surface area contributed by atoms with E-state index in [1.807, 2.05) is 0 Å². The molecule has 19 heavy (non-hydrogen) atoms. The molecule has 0 unspecified atom stereocenters. The highest BCUT2D eigenvalue weighted by Crippen LogP contribution is 2.33. The maximum Gasteiger partial charge on any atom is 0.290 e. The Balaban J connectivity index is 2.20. The minimum atomic E-state index is -0.696. The molecule has 2 N–H and O–H groups in total. The Hall–Kier alpha value is -1.37. The molecule has 0 aromatic heterocycles. The molecule has 0 spiro atoms. The van der Waals surface area contributed by atoms with Crippen molar-refractivity contribution in [1.82, 2.24) is 5.32 Å². The van der Waals surface area contributed by atoms with Crippen LogP contribution in [0.2, 0.25) is 10.0 Å². The number of aliphatic hydroxyl groups excluding tert-OH is 1. The quantitative estimate of drug-likeness (QED) is 0.661. The van der Waals surface area contributed by atoms with E-state index < -0.39 is 22.6 Å². The number of benzene rings is 1. The first-order valence-corrected chi connectivity index (χ1v) is 6.26. The van der Waals surface area contributed by atoms with Gasteiger partial charge < -0.3 is 10.4 Å². The molecule has 0 heterocycles. The van der Waals surface area contributed by atoms with Gasteiger partial charge in [-0.15, -0.1) is 0 Å². The van der Waals surface area contributed by atoms with E-state index in [4.69, 9.17) is 28.3 Å². The molecule has 1 aromatic carbocycles. The summed E-state index contributed by atoms with van der Waals surface area (Å²) in [5.41, 5.74) is -0.338. The van der Waals surface area contributed by atoms with Crippen LogP contribution in [-0.2, 0) is 0 Å². The molecule has 2 rings (SSSR count). The van der Waals surface area contributed by atoms with Crippen molar-refractivity contribution in [2.75, 3.05) is 0 Å². The van der Waals surface area contributed by atoms with Gasteiger partial charge in [0.15, 0.2) is 0 Å². The van der Waals surface area contributed by atoms with Gasteiger partial charge in [0, 0.05) is 17.7 Å². The van der Waals surface area contributed by atoms with Gasteiger partial charge >= 0.3 is 0 Å². The molecule has 1 saturated carbocycles. The molecular weight excluding hydrogens is 295 g/mol. The number of nitro groups is 1. The molecule has 0 bridgehead atoms. The molecule has 1 aromatic rings. The highest BCUT2D eigenvalue weighted by molar-refractivity contribution is 6.43. The fourth-order valence-electron chi connectivity index (χ4n) is 1.81. The third-order valence-corrected chi connectivity index (χ3v) is 3.71. The summed E-state index contributed by atoms with van der Waals surface area (Å²) in [6.07, 6.45) is 0.568. The molecule has 0 radical (unpaired) electrons. The van der Waals surface area contributed by atoms with E-state index in [0.29, 0.717) is 12.8 Å². The Morgan fingerprint density at radius 2 is 2.05 bits per heavy atom. The second-order valence-corrected chi connectivity index (χ2v) is 5.13. The largest absolute Gasteiger partial charge is 0.393 e. The first kappa shape index (κ1) is 14.0. The van der Waals surface area contributed by atoms with Crippen LogP contribution in [-0.4, -0.2) is 28.1 Å². The third-order valence-electron chi connectivity index (χ3n) is 2.92. The molecule has 1 amide bonds. The Kier molecular flexibility index (Phi) is 3.93. The van der Waals surface area contributed by atoms with Gasteiger partial charge in [-0.1, -0.05) is 23.2 Å². The highest BCUT2D eigenvalue weighted by Gasteiger charge is 2.29. The SMILES string of the molecule is O=C(NC1CC(O)C1)c1cc(Cl)c(Cl)c([N+](=O)[O-])c1. The van der Waals surface area contributed by atoms with Crippen LogP contribution in [0.15, 0.2) is 12.1 Å². The molecule has 1 fully saturated rings. The van der Waals surface area contributed by atoms with Gasteiger partial charge in [0.25, 0.3) is 11.6 Å². The van der Waals surface area contributed by atoms with Gasteiger partial charge in [-0.05, 0) is 18.9 Å². The predicted octanol–water partition coefficient (Wildman–Crippen LogP) is 2.15. The average Bonchev–Trinajstić information content (AvgIpc) is 2.29. The lowest BCUT2D eigenvalue weighted by molar-refractivity contribution is -0.384. The summed E-state index contributed by atoms with van der Waals surface area (Å²) in [7, 11) is 0. The van der Waals surface area contributed by atoms with Gasteiger partial charge in [0.1, 0.15) is 5.02 Å². The number of carbonyl (C=O) groups is 1. The molecule has 102 valence electrons. The Morgan fingerprint density at radius 3 is 2.58 bits per heavy atom. The van der Waals surface area contributed by atoms with E-state index in [1.54, 1.807) is 0 Å². The van der Waals surface area contributed by atoms with E-state index >= 15 is 0 Å². The van der Waals surface area contributed by atoms with Crippen LogP contribution in [0.5, 0.6) is 0 Å². The minimum absolute atomic E-state index is 0.0466. The van der Waals surface area contributed by atoms with Crippen molar-refractivity contribution in [3.63, 3.8) is 0 Å². The van der Waals surface area contributed by atoms with Crippen LogP contribution in [0.25, 0.3) is 0 Å². The van der Waals surface area contributed by atoms with E-state index in [0.717, 1.165) is 6.07 Å². The number of nitrogens with zero attached hydrogens (tertiary/aromatic N) is 1. The monoisotopic (exact) mass is 304 g/mol. The summed E-state index contributed by atoms with van der Waals surface area (Å²) in [5, 5.41) is 22.3. The molecule has 1 aliphatic carbocycles. The van der Waals surface area contributed by atoms with Gasteiger partial charge in [-0.2, -0.15) is 0 Å². The number of amides is 1. The Morgan fingerprint density at radius 1 is 1.42 bits per heavy atom. The second-order valence-electron chi connectivity index (χ2n) is 4.34. The summed E-state index contributed by atoms with van der Waals surface area (Å²) < 4.78 is 0. The normalized spacial score (nSPS) is 21.6. The van der Waals surface area contributed by atoms with Crippen molar-refractivity contribution in [3.8, 4) is 0 Å². The maximum absolute atomic E-state index is 11.9. The van der Waals surface area contributed by atoms with E-state index in [-0.39, 0.29) is 21.7 Å². The lowest BCUT2D eigenvalue weighted by Gasteiger charge is -2.31. The van der Waals surface area contributed by atoms with Crippen molar-refractivity contribution >= 4 is 34.8 Å². The van der Waals surface area contributed by atoms with Crippen LogP contribution >= 0.6 is 23.2 Å². The van der Waals surface area contributed by atoms with Crippen LogP contribution < -0.4 is 5.32 Å². The molecule has 1 aliphatic rings. The lowest BCUT2D eigenvalue weighted by Crippen LogP contribution is -2.46.